The molecule has 0 aliphatic rings. The van der Waals surface area contributed by atoms with Crippen molar-refractivity contribution in [2.45, 2.75) is 18.1 Å². The summed E-state index contributed by atoms with van der Waals surface area (Å²) in [5, 5.41) is 28.5. The van der Waals surface area contributed by atoms with Crippen LogP contribution in [0.5, 0.6) is 0 Å². The number of aliphatic hydroxyl groups is 3. The number of ketones is 1. The standard InChI is InChI=1S/C12H14O5/c13-7-6-10(15)12(17,8-14)11(16)9-4-2-1-3-5-9/h1-5,7,10,14-15,17H,6,8H2/t10-,12+/m0/s1. The zero-order chi connectivity index (χ0) is 12.9. The SMILES string of the molecule is O=CC[C@H](O)[C@](O)(CO)C(=O)c1ccccc1. The lowest BCUT2D eigenvalue weighted by molar-refractivity contribution is -0.116. The number of aldehydes is 1. The Morgan fingerprint density at radius 1 is 1.35 bits per heavy atom. The molecule has 5 nitrogen and oxygen atoms in total. The van der Waals surface area contributed by atoms with Crippen LogP contribution in [-0.2, 0) is 4.79 Å². The van der Waals surface area contributed by atoms with E-state index in [1.54, 1.807) is 18.2 Å². The predicted octanol–water partition coefficient (Wildman–Crippen LogP) is -0.457. The Balaban J connectivity index is 3.01. The lowest BCUT2D eigenvalue weighted by atomic mass is 9.87. The molecule has 17 heavy (non-hydrogen) atoms. The van der Waals surface area contributed by atoms with E-state index >= 15 is 0 Å². The first-order valence-electron chi connectivity index (χ1n) is 5.11. The fraction of sp³-hybridized carbons (Fsp3) is 0.333. The second-order valence-corrected chi connectivity index (χ2v) is 3.70. The number of carbonyl (C=O) groups is 2. The smallest absolute Gasteiger partial charge is 0.199 e. The van der Waals surface area contributed by atoms with E-state index in [4.69, 9.17) is 5.11 Å². The third kappa shape index (κ3) is 2.76. The van der Waals surface area contributed by atoms with Gasteiger partial charge in [-0.05, 0) is 0 Å². The molecule has 0 spiro atoms. The van der Waals surface area contributed by atoms with E-state index in [1.165, 1.54) is 12.1 Å². The molecule has 0 aliphatic heterocycles. The first-order chi connectivity index (χ1) is 8.06. The van der Waals surface area contributed by atoms with Gasteiger partial charge in [-0.2, -0.15) is 0 Å². The van der Waals surface area contributed by atoms with Crippen molar-refractivity contribution in [2.75, 3.05) is 6.61 Å². The first-order valence-corrected chi connectivity index (χ1v) is 5.11. The van der Waals surface area contributed by atoms with Crippen LogP contribution in [0.2, 0.25) is 0 Å². The van der Waals surface area contributed by atoms with Crippen molar-refractivity contribution in [1.82, 2.24) is 0 Å². The van der Waals surface area contributed by atoms with E-state index in [0.717, 1.165) is 0 Å². The molecule has 0 saturated carbocycles. The Hall–Kier alpha value is -1.56. The number of Topliss-reactive ketones (excluding diaryl/α,β-unsaturated/α-hetero) is 1. The van der Waals surface area contributed by atoms with Gasteiger partial charge in [0.15, 0.2) is 11.4 Å². The zero-order valence-electron chi connectivity index (χ0n) is 9.11. The maximum atomic E-state index is 11.9. The molecule has 0 aromatic heterocycles. The normalized spacial score (nSPS) is 15.9. The van der Waals surface area contributed by atoms with Crippen molar-refractivity contribution in [3.05, 3.63) is 35.9 Å². The summed E-state index contributed by atoms with van der Waals surface area (Å²) in [6.07, 6.45) is -1.67. The van der Waals surface area contributed by atoms with Crippen LogP contribution >= 0.6 is 0 Å². The molecule has 1 aromatic rings. The van der Waals surface area contributed by atoms with E-state index < -0.39 is 30.5 Å². The minimum absolute atomic E-state index is 0.161. The van der Waals surface area contributed by atoms with Gasteiger partial charge >= 0.3 is 0 Å². The van der Waals surface area contributed by atoms with Crippen molar-refractivity contribution in [2.24, 2.45) is 0 Å². The van der Waals surface area contributed by atoms with Crippen LogP contribution in [0.25, 0.3) is 0 Å². The summed E-state index contributed by atoms with van der Waals surface area (Å²) in [6, 6.07) is 7.79. The fourth-order valence-corrected chi connectivity index (χ4v) is 1.45. The van der Waals surface area contributed by atoms with Crippen molar-refractivity contribution in [3.8, 4) is 0 Å². The zero-order valence-corrected chi connectivity index (χ0v) is 9.11. The summed E-state index contributed by atoms with van der Waals surface area (Å²) in [4.78, 5) is 22.2. The van der Waals surface area contributed by atoms with Gasteiger partial charge < -0.3 is 20.1 Å². The molecule has 0 aliphatic carbocycles. The molecular weight excluding hydrogens is 224 g/mol. The van der Waals surface area contributed by atoms with Crippen LogP contribution in [0.15, 0.2) is 30.3 Å². The minimum atomic E-state index is -2.34. The number of carbonyl (C=O) groups excluding carboxylic acids is 2. The summed E-state index contributed by atoms with van der Waals surface area (Å²) >= 11 is 0. The monoisotopic (exact) mass is 238 g/mol. The number of rotatable bonds is 6. The summed E-state index contributed by atoms with van der Waals surface area (Å²) < 4.78 is 0. The summed E-state index contributed by atoms with van der Waals surface area (Å²) in [5.74, 6) is -0.810. The molecule has 0 unspecified atom stereocenters. The van der Waals surface area contributed by atoms with Crippen LogP contribution in [-0.4, -0.2) is 45.7 Å². The van der Waals surface area contributed by atoms with Crippen LogP contribution < -0.4 is 0 Å². The van der Waals surface area contributed by atoms with Gasteiger partial charge in [0.1, 0.15) is 6.29 Å². The Kier molecular flexibility index (Phi) is 4.51. The molecule has 0 bridgehead atoms. The largest absolute Gasteiger partial charge is 0.393 e. The van der Waals surface area contributed by atoms with Crippen LogP contribution in [0.4, 0.5) is 0 Å². The van der Waals surface area contributed by atoms with Crippen LogP contribution in [0, 0.1) is 0 Å². The van der Waals surface area contributed by atoms with Gasteiger partial charge in [0, 0.05) is 12.0 Å². The van der Waals surface area contributed by atoms with E-state index in [2.05, 4.69) is 0 Å². The van der Waals surface area contributed by atoms with Crippen molar-refractivity contribution < 1.29 is 24.9 Å². The Morgan fingerprint density at radius 2 is 1.94 bits per heavy atom. The quantitative estimate of drug-likeness (QED) is 0.460. The number of benzene rings is 1. The number of aliphatic hydroxyl groups excluding tert-OH is 2. The lowest BCUT2D eigenvalue weighted by Crippen LogP contribution is -2.52. The molecule has 92 valence electrons. The first kappa shape index (κ1) is 13.5. The van der Waals surface area contributed by atoms with E-state index in [9.17, 15) is 19.8 Å². The van der Waals surface area contributed by atoms with Crippen molar-refractivity contribution in [3.63, 3.8) is 0 Å². The molecule has 0 heterocycles. The van der Waals surface area contributed by atoms with Gasteiger partial charge in [-0.1, -0.05) is 30.3 Å². The molecular formula is C12H14O5. The third-order valence-electron chi connectivity index (χ3n) is 2.54. The average Bonchev–Trinajstić information content (AvgIpc) is 2.38. The van der Waals surface area contributed by atoms with Gasteiger partial charge in [-0.3, -0.25) is 4.79 Å². The average molecular weight is 238 g/mol. The molecule has 0 amide bonds. The second kappa shape index (κ2) is 5.67. The summed E-state index contributed by atoms with van der Waals surface area (Å²) in [6.45, 7) is -0.949. The lowest BCUT2D eigenvalue weighted by Gasteiger charge is -2.28. The van der Waals surface area contributed by atoms with Crippen LogP contribution in [0.1, 0.15) is 16.8 Å². The van der Waals surface area contributed by atoms with E-state index in [1.807, 2.05) is 0 Å². The fourth-order valence-electron chi connectivity index (χ4n) is 1.45. The van der Waals surface area contributed by atoms with Gasteiger partial charge in [0.2, 0.25) is 0 Å². The summed E-state index contributed by atoms with van der Waals surface area (Å²) in [5.41, 5.74) is -2.18. The maximum absolute atomic E-state index is 11.9. The highest BCUT2D eigenvalue weighted by molar-refractivity contribution is 6.03. The number of hydrogen-bond acceptors (Lipinski definition) is 5. The van der Waals surface area contributed by atoms with Crippen molar-refractivity contribution in [1.29, 1.82) is 0 Å². The van der Waals surface area contributed by atoms with Gasteiger partial charge in [0.25, 0.3) is 0 Å². The van der Waals surface area contributed by atoms with Crippen LogP contribution in [0.3, 0.4) is 0 Å². The van der Waals surface area contributed by atoms with E-state index in [-0.39, 0.29) is 5.56 Å². The van der Waals surface area contributed by atoms with Gasteiger partial charge in [0.05, 0.1) is 12.7 Å². The highest BCUT2D eigenvalue weighted by Gasteiger charge is 2.42. The molecule has 0 radical (unpaired) electrons. The van der Waals surface area contributed by atoms with Gasteiger partial charge in [-0.15, -0.1) is 0 Å². The molecule has 0 fully saturated rings. The Labute approximate surface area is 98.3 Å². The molecule has 3 N–H and O–H groups in total. The second-order valence-electron chi connectivity index (χ2n) is 3.70. The highest BCUT2D eigenvalue weighted by Crippen LogP contribution is 2.19. The molecule has 5 heteroatoms. The minimum Gasteiger partial charge on any atom is -0.393 e. The topological polar surface area (TPSA) is 94.8 Å². The van der Waals surface area contributed by atoms with E-state index in [0.29, 0.717) is 6.29 Å². The molecule has 1 aromatic carbocycles. The Morgan fingerprint density at radius 3 is 2.41 bits per heavy atom. The number of hydrogen-bond donors (Lipinski definition) is 3. The molecule has 1 rings (SSSR count). The third-order valence-corrected chi connectivity index (χ3v) is 2.54. The summed E-state index contributed by atoms with van der Waals surface area (Å²) in [7, 11) is 0. The highest BCUT2D eigenvalue weighted by atomic mass is 16.4. The van der Waals surface area contributed by atoms with Crippen molar-refractivity contribution >= 4 is 12.1 Å². The van der Waals surface area contributed by atoms with Gasteiger partial charge in [-0.25, -0.2) is 0 Å². The molecule has 2 atom stereocenters. The maximum Gasteiger partial charge on any atom is 0.199 e. The molecule has 0 saturated heterocycles. The predicted molar refractivity (Wildman–Crippen MR) is 59.5 cm³/mol. The Bertz CT molecular complexity index is 389.